The Bertz CT molecular complexity index is 608. The number of halogens is 1. The van der Waals surface area contributed by atoms with Gasteiger partial charge in [-0.15, -0.1) is 0 Å². The van der Waals surface area contributed by atoms with Crippen molar-refractivity contribution < 1.29 is 4.74 Å². The second-order valence-electron chi connectivity index (χ2n) is 5.21. The smallest absolute Gasteiger partial charge is 0.134 e. The van der Waals surface area contributed by atoms with Crippen molar-refractivity contribution in [3.05, 3.63) is 57.6 Å². The Kier molecular flexibility index (Phi) is 4.84. The summed E-state index contributed by atoms with van der Waals surface area (Å²) in [5, 5.41) is 0. The van der Waals surface area contributed by atoms with Crippen LogP contribution in [0.4, 0.5) is 0 Å². The van der Waals surface area contributed by atoms with Gasteiger partial charge in [0, 0.05) is 16.6 Å². The van der Waals surface area contributed by atoms with Crippen LogP contribution in [0.25, 0.3) is 0 Å². The van der Waals surface area contributed by atoms with Crippen molar-refractivity contribution in [1.29, 1.82) is 0 Å². The Morgan fingerprint density at radius 1 is 1.20 bits per heavy atom. The Morgan fingerprint density at radius 2 is 1.95 bits per heavy atom. The van der Waals surface area contributed by atoms with Crippen LogP contribution in [0.2, 0.25) is 0 Å². The zero-order valence-corrected chi connectivity index (χ0v) is 13.7. The second-order valence-corrected chi connectivity index (χ2v) is 6.12. The average molecular weight is 334 g/mol. The highest BCUT2D eigenvalue weighted by Crippen LogP contribution is 2.35. The summed E-state index contributed by atoms with van der Waals surface area (Å²) in [5.41, 5.74) is 9.13. The minimum atomic E-state index is 0.396. The number of nitrogens with two attached hydrogens (primary N) is 1. The van der Waals surface area contributed by atoms with Gasteiger partial charge in [-0.05, 0) is 42.2 Å². The second kappa shape index (κ2) is 6.42. The first-order valence-electron chi connectivity index (χ1n) is 6.78. The third-order valence-electron chi connectivity index (χ3n) is 3.32. The van der Waals surface area contributed by atoms with E-state index in [-0.39, 0.29) is 0 Å². The van der Waals surface area contributed by atoms with Crippen molar-refractivity contribution in [2.24, 2.45) is 5.73 Å². The summed E-state index contributed by atoms with van der Waals surface area (Å²) in [5.74, 6) is 2.17. The van der Waals surface area contributed by atoms with Gasteiger partial charge in [0.2, 0.25) is 0 Å². The Hall–Kier alpha value is -1.32. The molecule has 0 saturated heterocycles. The van der Waals surface area contributed by atoms with Crippen molar-refractivity contribution in [2.45, 2.75) is 33.2 Å². The molecule has 0 aliphatic heterocycles. The molecule has 106 valence electrons. The third-order valence-corrected chi connectivity index (χ3v) is 3.81. The number of aryl methyl sites for hydroxylation is 1. The SMILES string of the molecule is Cc1cccc(CN)c1Oc1ccc(Br)cc1C(C)C. The lowest BCUT2D eigenvalue weighted by molar-refractivity contribution is 0.463. The van der Waals surface area contributed by atoms with E-state index in [9.17, 15) is 0 Å². The number of hydrogen-bond acceptors (Lipinski definition) is 2. The lowest BCUT2D eigenvalue weighted by atomic mass is 10.0. The highest BCUT2D eigenvalue weighted by Gasteiger charge is 2.12. The molecule has 0 saturated carbocycles. The van der Waals surface area contributed by atoms with Crippen molar-refractivity contribution in [2.75, 3.05) is 0 Å². The Morgan fingerprint density at radius 3 is 2.60 bits per heavy atom. The number of para-hydroxylation sites is 1. The monoisotopic (exact) mass is 333 g/mol. The molecule has 0 unspecified atom stereocenters. The van der Waals surface area contributed by atoms with Crippen molar-refractivity contribution in [3.8, 4) is 11.5 Å². The van der Waals surface area contributed by atoms with Crippen molar-refractivity contribution in [1.82, 2.24) is 0 Å². The molecule has 2 nitrogen and oxygen atoms in total. The normalized spacial score (nSPS) is 10.9. The molecule has 2 aromatic carbocycles. The fourth-order valence-electron chi connectivity index (χ4n) is 2.19. The molecule has 0 heterocycles. The van der Waals surface area contributed by atoms with Crippen LogP contribution in [0.1, 0.15) is 36.5 Å². The quantitative estimate of drug-likeness (QED) is 0.841. The zero-order chi connectivity index (χ0) is 14.7. The molecule has 2 aromatic rings. The Labute approximate surface area is 129 Å². The summed E-state index contributed by atoms with van der Waals surface area (Å²) in [6, 6.07) is 12.2. The number of ether oxygens (including phenoxy) is 1. The van der Waals surface area contributed by atoms with Gasteiger partial charge in [0.1, 0.15) is 11.5 Å². The minimum absolute atomic E-state index is 0.396. The maximum absolute atomic E-state index is 6.18. The molecule has 2 N–H and O–H groups in total. The molecule has 0 fully saturated rings. The number of benzene rings is 2. The predicted octanol–water partition coefficient (Wildman–Crippen LogP) is 5.13. The third kappa shape index (κ3) is 3.22. The molecule has 3 heteroatoms. The highest BCUT2D eigenvalue weighted by atomic mass is 79.9. The maximum Gasteiger partial charge on any atom is 0.134 e. The van der Waals surface area contributed by atoms with E-state index in [0.717, 1.165) is 27.1 Å². The van der Waals surface area contributed by atoms with Gasteiger partial charge in [0.25, 0.3) is 0 Å². The molecule has 0 bridgehead atoms. The molecule has 0 spiro atoms. The fourth-order valence-corrected chi connectivity index (χ4v) is 2.57. The molecular weight excluding hydrogens is 314 g/mol. The highest BCUT2D eigenvalue weighted by molar-refractivity contribution is 9.10. The summed E-state index contributed by atoms with van der Waals surface area (Å²) in [6.07, 6.45) is 0. The molecule has 2 rings (SSSR count). The molecule has 0 aliphatic rings. The van der Waals surface area contributed by atoms with Crippen molar-refractivity contribution in [3.63, 3.8) is 0 Å². The summed E-state index contributed by atoms with van der Waals surface area (Å²) < 4.78 is 7.24. The van der Waals surface area contributed by atoms with Gasteiger partial charge in [0.05, 0.1) is 0 Å². The van der Waals surface area contributed by atoms with E-state index < -0.39 is 0 Å². The first kappa shape index (κ1) is 15.1. The van der Waals surface area contributed by atoms with E-state index in [2.05, 4.69) is 35.8 Å². The fraction of sp³-hybridized carbons (Fsp3) is 0.294. The van der Waals surface area contributed by atoms with Crippen LogP contribution in [-0.2, 0) is 6.54 Å². The van der Waals surface area contributed by atoms with E-state index in [1.807, 2.05) is 37.3 Å². The van der Waals surface area contributed by atoms with Crippen LogP contribution < -0.4 is 10.5 Å². The molecule has 0 aromatic heterocycles. The van der Waals surface area contributed by atoms with Crippen LogP contribution in [0.15, 0.2) is 40.9 Å². The van der Waals surface area contributed by atoms with E-state index in [4.69, 9.17) is 10.5 Å². The lowest BCUT2D eigenvalue weighted by Crippen LogP contribution is -2.02. The van der Waals surface area contributed by atoms with E-state index in [1.165, 1.54) is 5.56 Å². The summed E-state index contributed by atoms with van der Waals surface area (Å²) in [7, 11) is 0. The summed E-state index contributed by atoms with van der Waals surface area (Å²) >= 11 is 3.52. The van der Waals surface area contributed by atoms with Crippen LogP contribution in [0, 0.1) is 6.92 Å². The van der Waals surface area contributed by atoms with Gasteiger partial charge in [-0.3, -0.25) is 0 Å². The molecule has 0 radical (unpaired) electrons. The van der Waals surface area contributed by atoms with Crippen LogP contribution in [-0.4, -0.2) is 0 Å². The van der Waals surface area contributed by atoms with Crippen LogP contribution in [0.5, 0.6) is 11.5 Å². The Balaban J connectivity index is 2.45. The van der Waals surface area contributed by atoms with Crippen LogP contribution >= 0.6 is 15.9 Å². The maximum atomic E-state index is 6.18. The topological polar surface area (TPSA) is 35.2 Å². The summed E-state index contributed by atoms with van der Waals surface area (Å²) in [6.45, 7) is 6.85. The van der Waals surface area contributed by atoms with E-state index >= 15 is 0 Å². The van der Waals surface area contributed by atoms with Gasteiger partial charge < -0.3 is 10.5 Å². The van der Waals surface area contributed by atoms with Crippen molar-refractivity contribution >= 4 is 15.9 Å². The summed E-state index contributed by atoms with van der Waals surface area (Å²) in [4.78, 5) is 0. The van der Waals surface area contributed by atoms with Gasteiger partial charge in [-0.1, -0.05) is 48.0 Å². The van der Waals surface area contributed by atoms with E-state index in [0.29, 0.717) is 12.5 Å². The molecule has 20 heavy (non-hydrogen) atoms. The molecular formula is C17H20BrNO. The molecule has 0 amide bonds. The minimum Gasteiger partial charge on any atom is -0.456 e. The van der Waals surface area contributed by atoms with Gasteiger partial charge in [-0.25, -0.2) is 0 Å². The number of rotatable bonds is 4. The lowest BCUT2D eigenvalue weighted by Gasteiger charge is -2.17. The standard InChI is InChI=1S/C17H20BrNO/c1-11(2)15-9-14(18)7-8-16(15)20-17-12(3)5-4-6-13(17)10-19/h4-9,11H,10,19H2,1-3H3. The molecule has 0 atom stereocenters. The number of hydrogen-bond donors (Lipinski definition) is 1. The first-order chi connectivity index (χ1) is 9.52. The molecule has 0 aliphatic carbocycles. The predicted molar refractivity (Wildman–Crippen MR) is 87.4 cm³/mol. The average Bonchev–Trinajstić information content (AvgIpc) is 2.42. The van der Waals surface area contributed by atoms with Crippen LogP contribution in [0.3, 0.4) is 0 Å². The van der Waals surface area contributed by atoms with Gasteiger partial charge >= 0.3 is 0 Å². The van der Waals surface area contributed by atoms with Gasteiger partial charge in [-0.2, -0.15) is 0 Å². The first-order valence-corrected chi connectivity index (χ1v) is 7.58. The van der Waals surface area contributed by atoms with E-state index in [1.54, 1.807) is 0 Å². The largest absolute Gasteiger partial charge is 0.456 e. The zero-order valence-electron chi connectivity index (χ0n) is 12.1. The van der Waals surface area contributed by atoms with Gasteiger partial charge in [0.15, 0.2) is 0 Å².